The molecule has 0 radical (unpaired) electrons. The monoisotopic (exact) mass is 236 g/mol. The van der Waals surface area contributed by atoms with E-state index in [9.17, 15) is 4.79 Å². The maximum absolute atomic E-state index is 10.8. The Kier molecular flexibility index (Phi) is 3.78. The highest BCUT2D eigenvalue weighted by Crippen LogP contribution is 2.17. The third-order valence-electron chi connectivity index (χ3n) is 3.19. The lowest BCUT2D eigenvalue weighted by Gasteiger charge is -2.15. The molecule has 0 aliphatic carbocycles. The van der Waals surface area contributed by atoms with Gasteiger partial charge in [-0.2, -0.15) is 0 Å². The first kappa shape index (κ1) is 12.1. The second-order valence-electron chi connectivity index (χ2n) is 4.42. The fourth-order valence-electron chi connectivity index (χ4n) is 2.37. The molecule has 0 aromatic carbocycles. The Hall–Kier alpha value is -1.36. The summed E-state index contributed by atoms with van der Waals surface area (Å²) in [7, 11) is 0. The fourth-order valence-corrected chi connectivity index (χ4v) is 2.37. The zero-order valence-corrected chi connectivity index (χ0v) is 10.3. The summed E-state index contributed by atoms with van der Waals surface area (Å²) in [5.41, 5.74) is 7.68. The van der Waals surface area contributed by atoms with E-state index < -0.39 is 0 Å². The smallest absolute Gasteiger partial charge is 0.217 e. The number of carbonyl (C=O) groups is 1. The molecule has 1 aliphatic heterocycles. The molecule has 94 valence electrons. The highest BCUT2D eigenvalue weighted by molar-refractivity contribution is 5.73. The van der Waals surface area contributed by atoms with E-state index >= 15 is 0 Å². The van der Waals surface area contributed by atoms with E-state index in [0.29, 0.717) is 6.42 Å². The summed E-state index contributed by atoms with van der Waals surface area (Å²) < 4.78 is 2.28. The summed E-state index contributed by atoms with van der Waals surface area (Å²) in [6.45, 7) is 4.85. The summed E-state index contributed by atoms with van der Waals surface area (Å²) in [4.78, 5) is 15.4. The quantitative estimate of drug-likeness (QED) is 0.775. The Morgan fingerprint density at radius 2 is 2.41 bits per heavy atom. The average Bonchev–Trinajstić information content (AvgIpc) is 2.67. The number of imidazole rings is 1. The molecule has 0 saturated heterocycles. The van der Waals surface area contributed by atoms with Crippen molar-refractivity contribution in [2.75, 3.05) is 6.54 Å². The van der Waals surface area contributed by atoms with Crippen LogP contribution in [0.2, 0.25) is 0 Å². The van der Waals surface area contributed by atoms with Gasteiger partial charge in [0.1, 0.15) is 5.82 Å². The first-order chi connectivity index (χ1) is 8.22. The van der Waals surface area contributed by atoms with Crippen LogP contribution in [0, 0.1) is 0 Å². The van der Waals surface area contributed by atoms with Crippen molar-refractivity contribution in [2.45, 2.75) is 45.7 Å². The summed E-state index contributed by atoms with van der Waals surface area (Å²) in [5, 5.41) is 3.33. The maximum Gasteiger partial charge on any atom is 0.217 e. The van der Waals surface area contributed by atoms with Crippen LogP contribution in [-0.2, 0) is 30.7 Å². The first-order valence-electron chi connectivity index (χ1n) is 6.28. The molecule has 2 rings (SSSR count). The largest absolute Gasteiger partial charge is 0.370 e. The fraction of sp³-hybridized carbons (Fsp3) is 0.667. The van der Waals surface area contributed by atoms with Crippen LogP contribution in [0.1, 0.15) is 37.0 Å². The molecule has 1 amide bonds. The Balaban J connectivity index is 2.13. The van der Waals surface area contributed by atoms with Crippen LogP contribution < -0.4 is 11.1 Å². The van der Waals surface area contributed by atoms with Crippen molar-refractivity contribution in [2.24, 2.45) is 5.73 Å². The summed E-state index contributed by atoms with van der Waals surface area (Å²) in [6.07, 6.45) is 3.22. The summed E-state index contributed by atoms with van der Waals surface area (Å²) in [5.74, 6) is 0.905. The van der Waals surface area contributed by atoms with Gasteiger partial charge in [-0.15, -0.1) is 0 Å². The van der Waals surface area contributed by atoms with E-state index in [0.717, 1.165) is 44.7 Å². The second kappa shape index (κ2) is 5.31. The molecule has 5 heteroatoms. The molecule has 5 nitrogen and oxygen atoms in total. The van der Waals surface area contributed by atoms with Gasteiger partial charge in [0.2, 0.25) is 5.91 Å². The minimum absolute atomic E-state index is 0.223. The molecule has 1 aliphatic rings. The van der Waals surface area contributed by atoms with Crippen molar-refractivity contribution < 1.29 is 4.79 Å². The Labute approximate surface area is 101 Å². The number of hydrogen-bond donors (Lipinski definition) is 2. The van der Waals surface area contributed by atoms with Crippen LogP contribution in [0.4, 0.5) is 0 Å². The number of aryl methyl sites for hydroxylation is 1. The van der Waals surface area contributed by atoms with Gasteiger partial charge in [-0.05, 0) is 6.42 Å². The van der Waals surface area contributed by atoms with E-state index in [-0.39, 0.29) is 5.91 Å². The van der Waals surface area contributed by atoms with Gasteiger partial charge in [0, 0.05) is 44.6 Å². The standard InChI is InChI=1S/C12H20N4O/c1-2-12-15-9-8-14-6-5-10(9)16(12)7-3-4-11(13)17/h14H,2-8H2,1H3,(H2,13,17). The van der Waals surface area contributed by atoms with E-state index in [1.165, 1.54) is 11.4 Å². The molecule has 3 N–H and O–H groups in total. The number of rotatable bonds is 5. The minimum Gasteiger partial charge on any atom is -0.370 e. The third-order valence-corrected chi connectivity index (χ3v) is 3.19. The Bertz CT molecular complexity index is 411. The van der Waals surface area contributed by atoms with Crippen LogP contribution in [0.15, 0.2) is 0 Å². The zero-order valence-electron chi connectivity index (χ0n) is 10.3. The molecule has 17 heavy (non-hydrogen) atoms. The van der Waals surface area contributed by atoms with Gasteiger partial charge in [-0.1, -0.05) is 6.92 Å². The summed E-state index contributed by atoms with van der Waals surface area (Å²) >= 11 is 0. The molecule has 1 aromatic heterocycles. The van der Waals surface area contributed by atoms with Gasteiger partial charge < -0.3 is 15.6 Å². The van der Waals surface area contributed by atoms with Gasteiger partial charge in [-0.3, -0.25) is 4.79 Å². The number of nitrogens with zero attached hydrogens (tertiary/aromatic N) is 2. The predicted octanol–water partition coefficient (Wildman–Crippen LogP) is 0.357. The minimum atomic E-state index is -0.223. The molecular formula is C12H20N4O. The van der Waals surface area contributed by atoms with Crippen LogP contribution in [0.5, 0.6) is 0 Å². The van der Waals surface area contributed by atoms with E-state index in [2.05, 4.69) is 21.8 Å². The Morgan fingerprint density at radius 1 is 1.59 bits per heavy atom. The van der Waals surface area contributed by atoms with E-state index in [1.54, 1.807) is 0 Å². The molecular weight excluding hydrogens is 216 g/mol. The molecule has 0 fully saturated rings. The Morgan fingerprint density at radius 3 is 3.12 bits per heavy atom. The lowest BCUT2D eigenvalue weighted by atomic mass is 10.2. The van der Waals surface area contributed by atoms with Gasteiger partial charge in [0.15, 0.2) is 0 Å². The number of nitrogens with one attached hydrogen (secondary N) is 1. The molecule has 0 atom stereocenters. The number of carbonyl (C=O) groups excluding carboxylic acids is 1. The highest BCUT2D eigenvalue weighted by atomic mass is 16.1. The zero-order chi connectivity index (χ0) is 12.3. The molecule has 1 aromatic rings. The number of fused-ring (bicyclic) bond motifs is 1. The number of nitrogens with two attached hydrogens (primary N) is 1. The van der Waals surface area contributed by atoms with E-state index in [1.807, 2.05) is 0 Å². The number of primary amides is 1. The van der Waals surface area contributed by atoms with Gasteiger partial charge in [0.25, 0.3) is 0 Å². The molecule has 2 heterocycles. The topological polar surface area (TPSA) is 72.9 Å². The van der Waals surface area contributed by atoms with Crippen molar-refractivity contribution in [1.82, 2.24) is 14.9 Å². The maximum atomic E-state index is 10.8. The molecule has 0 saturated carbocycles. The van der Waals surface area contributed by atoms with Crippen LogP contribution >= 0.6 is 0 Å². The average molecular weight is 236 g/mol. The normalized spacial score (nSPS) is 14.6. The van der Waals surface area contributed by atoms with Crippen molar-refractivity contribution in [3.05, 3.63) is 17.2 Å². The highest BCUT2D eigenvalue weighted by Gasteiger charge is 2.18. The van der Waals surface area contributed by atoms with Gasteiger partial charge in [0.05, 0.1) is 5.69 Å². The lowest BCUT2D eigenvalue weighted by molar-refractivity contribution is -0.118. The number of amides is 1. The van der Waals surface area contributed by atoms with Crippen LogP contribution in [0.25, 0.3) is 0 Å². The van der Waals surface area contributed by atoms with Gasteiger partial charge >= 0.3 is 0 Å². The van der Waals surface area contributed by atoms with Gasteiger partial charge in [-0.25, -0.2) is 4.98 Å². The van der Waals surface area contributed by atoms with Crippen molar-refractivity contribution >= 4 is 5.91 Å². The number of aromatic nitrogens is 2. The molecule has 0 bridgehead atoms. The number of hydrogen-bond acceptors (Lipinski definition) is 3. The first-order valence-corrected chi connectivity index (χ1v) is 6.28. The SMILES string of the molecule is CCc1nc2c(n1CCCC(N)=O)CCNC2. The third kappa shape index (κ3) is 2.66. The predicted molar refractivity (Wildman–Crippen MR) is 65.4 cm³/mol. The molecule has 0 spiro atoms. The van der Waals surface area contributed by atoms with Crippen molar-refractivity contribution in [3.8, 4) is 0 Å². The molecule has 0 unspecified atom stereocenters. The van der Waals surface area contributed by atoms with Crippen molar-refractivity contribution in [3.63, 3.8) is 0 Å². The summed E-state index contributed by atoms with van der Waals surface area (Å²) in [6, 6.07) is 0. The van der Waals surface area contributed by atoms with Crippen molar-refractivity contribution in [1.29, 1.82) is 0 Å². The van der Waals surface area contributed by atoms with Crippen LogP contribution in [-0.4, -0.2) is 22.0 Å². The van der Waals surface area contributed by atoms with E-state index in [4.69, 9.17) is 5.73 Å². The second-order valence-corrected chi connectivity index (χ2v) is 4.42. The lowest BCUT2D eigenvalue weighted by Crippen LogP contribution is -2.25. The van der Waals surface area contributed by atoms with Crippen LogP contribution in [0.3, 0.4) is 0 Å².